The number of pyridine rings is 1. The molecule has 1 aromatic heterocycles. The number of Topliss-reactive ketones (excluding diaryl/α,β-unsaturated/α-hetero) is 1. The number of hydrogen-bond donors (Lipinski definition) is 0. The lowest BCUT2D eigenvalue weighted by Crippen LogP contribution is -2.05. The predicted molar refractivity (Wildman–Crippen MR) is 144 cm³/mol. The molecule has 4 aromatic rings. The maximum Gasteiger partial charge on any atom is 0.173 e. The van der Waals surface area contributed by atoms with Crippen LogP contribution in [0.15, 0.2) is 90.0 Å². The van der Waals surface area contributed by atoms with Crippen molar-refractivity contribution in [1.82, 2.24) is 4.98 Å². The fourth-order valence-corrected chi connectivity index (χ4v) is 5.37. The monoisotopic (exact) mass is 492 g/mol. The molecule has 0 N–H and O–H groups in total. The van der Waals surface area contributed by atoms with Crippen molar-refractivity contribution in [3.05, 3.63) is 118 Å². The van der Waals surface area contributed by atoms with Crippen LogP contribution in [0.5, 0.6) is 0 Å². The Labute approximate surface area is 214 Å². The van der Waals surface area contributed by atoms with Crippen LogP contribution in [0.2, 0.25) is 5.02 Å². The van der Waals surface area contributed by atoms with Gasteiger partial charge in [-0.3, -0.25) is 4.79 Å². The Balaban J connectivity index is 1.58. The molecule has 0 atom stereocenters. The van der Waals surface area contributed by atoms with Gasteiger partial charge in [-0.15, -0.1) is 0 Å². The van der Waals surface area contributed by atoms with Crippen LogP contribution in [0.25, 0.3) is 22.8 Å². The summed E-state index contributed by atoms with van der Waals surface area (Å²) in [7, 11) is 0. The van der Waals surface area contributed by atoms with E-state index >= 15 is 0 Å². The van der Waals surface area contributed by atoms with E-state index in [0.29, 0.717) is 21.2 Å². The maximum absolute atomic E-state index is 12.8. The average molecular weight is 493 g/mol. The van der Waals surface area contributed by atoms with Gasteiger partial charge in [0, 0.05) is 16.1 Å². The minimum atomic E-state index is -0.0285. The second-order valence-corrected chi connectivity index (χ2v) is 9.67. The number of nitrogens with zero attached hydrogens (tertiary/aromatic N) is 2. The maximum atomic E-state index is 12.8. The molecule has 0 spiro atoms. The van der Waals surface area contributed by atoms with Crippen LogP contribution in [-0.4, -0.2) is 16.5 Å². The summed E-state index contributed by atoms with van der Waals surface area (Å²) < 4.78 is 0. The van der Waals surface area contributed by atoms with Crippen LogP contribution in [0, 0.1) is 11.3 Å². The second kappa shape index (κ2) is 10.3. The van der Waals surface area contributed by atoms with Crippen LogP contribution in [0.1, 0.15) is 39.2 Å². The molecule has 0 radical (unpaired) electrons. The van der Waals surface area contributed by atoms with Gasteiger partial charge in [-0.25, -0.2) is 4.98 Å². The molecular formula is C30H21ClN2OS. The number of aromatic nitrogens is 1. The van der Waals surface area contributed by atoms with E-state index in [2.05, 4.69) is 24.3 Å². The van der Waals surface area contributed by atoms with Crippen molar-refractivity contribution in [1.29, 1.82) is 5.26 Å². The molecule has 0 saturated heterocycles. The van der Waals surface area contributed by atoms with Gasteiger partial charge in [-0.2, -0.15) is 5.26 Å². The van der Waals surface area contributed by atoms with Crippen LogP contribution in [0.4, 0.5) is 0 Å². The number of rotatable bonds is 6. The molecule has 35 heavy (non-hydrogen) atoms. The lowest BCUT2D eigenvalue weighted by molar-refractivity contribution is 0.102. The van der Waals surface area contributed by atoms with E-state index in [1.165, 1.54) is 11.8 Å². The highest BCUT2D eigenvalue weighted by Gasteiger charge is 2.27. The van der Waals surface area contributed by atoms with E-state index in [1.807, 2.05) is 48.5 Å². The molecule has 0 amide bonds. The number of thioether (sulfide) groups is 1. The smallest absolute Gasteiger partial charge is 0.173 e. The van der Waals surface area contributed by atoms with Crippen LogP contribution in [0.3, 0.4) is 0 Å². The number of benzene rings is 3. The molecule has 1 aliphatic carbocycles. The van der Waals surface area contributed by atoms with Crippen molar-refractivity contribution < 1.29 is 4.79 Å². The SMILES string of the molecule is N#Cc1c(SCC(=O)c2ccc(Cl)cc2)nc2c(c1-c1ccccc1)CC/C2=C\c1ccccc1. The molecule has 5 rings (SSSR count). The van der Waals surface area contributed by atoms with Gasteiger partial charge in [-0.05, 0) is 65.4 Å². The summed E-state index contributed by atoms with van der Waals surface area (Å²) in [5, 5.41) is 11.4. The van der Waals surface area contributed by atoms with E-state index in [1.54, 1.807) is 24.3 Å². The number of hydrogen-bond acceptors (Lipinski definition) is 4. The summed E-state index contributed by atoms with van der Waals surface area (Å²) >= 11 is 7.28. The fraction of sp³-hybridized carbons (Fsp3) is 0.100. The van der Waals surface area contributed by atoms with E-state index < -0.39 is 0 Å². The van der Waals surface area contributed by atoms with E-state index in [4.69, 9.17) is 16.6 Å². The zero-order chi connectivity index (χ0) is 24.2. The zero-order valence-electron chi connectivity index (χ0n) is 18.9. The molecule has 3 nitrogen and oxygen atoms in total. The summed E-state index contributed by atoms with van der Waals surface area (Å²) in [6.07, 6.45) is 3.86. The lowest BCUT2D eigenvalue weighted by Gasteiger charge is -2.15. The molecule has 0 saturated carbocycles. The topological polar surface area (TPSA) is 53.8 Å². The number of carbonyl (C=O) groups excluding carboxylic acids is 1. The molecule has 170 valence electrons. The summed E-state index contributed by atoms with van der Waals surface area (Å²) in [4.78, 5) is 17.8. The van der Waals surface area contributed by atoms with Crippen molar-refractivity contribution in [2.75, 3.05) is 5.75 Å². The van der Waals surface area contributed by atoms with Crippen molar-refractivity contribution in [3.8, 4) is 17.2 Å². The third-order valence-electron chi connectivity index (χ3n) is 6.03. The zero-order valence-corrected chi connectivity index (χ0v) is 20.4. The molecule has 0 aliphatic heterocycles. The summed E-state index contributed by atoms with van der Waals surface area (Å²) in [5.41, 5.74) is 7.34. The Morgan fingerprint density at radius 2 is 1.66 bits per heavy atom. The van der Waals surface area contributed by atoms with Gasteiger partial charge in [-0.1, -0.05) is 84.0 Å². The van der Waals surface area contributed by atoms with E-state index in [0.717, 1.165) is 46.4 Å². The fourth-order valence-electron chi connectivity index (χ4n) is 4.36. The summed E-state index contributed by atoms with van der Waals surface area (Å²) in [6, 6.07) is 29.5. The van der Waals surface area contributed by atoms with Gasteiger partial charge in [0.15, 0.2) is 5.78 Å². The quantitative estimate of drug-likeness (QED) is 0.204. The van der Waals surface area contributed by atoms with Crippen molar-refractivity contribution in [2.24, 2.45) is 0 Å². The second-order valence-electron chi connectivity index (χ2n) is 8.27. The normalized spacial score (nSPS) is 13.4. The van der Waals surface area contributed by atoms with E-state index in [9.17, 15) is 10.1 Å². The Bertz CT molecular complexity index is 1460. The highest BCUT2D eigenvalue weighted by molar-refractivity contribution is 8.00. The van der Waals surface area contributed by atoms with Crippen LogP contribution in [-0.2, 0) is 6.42 Å². The highest BCUT2D eigenvalue weighted by atomic mass is 35.5. The van der Waals surface area contributed by atoms with Gasteiger partial charge in [0.2, 0.25) is 0 Å². The molecule has 0 fully saturated rings. The first-order valence-corrected chi connectivity index (χ1v) is 12.7. The number of halogens is 1. The molecule has 0 bridgehead atoms. The standard InChI is InChI=1S/C30H21ClN2OS/c31-24-14-11-21(12-15-24)27(34)19-35-30-26(18-32)28(22-9-5-2-6-10-22)25-16-13-23(29(25)33-30)17-20-7-3-1-4-8-20/h1-12,14-15,17H,13,16,19H2/b23-17+. The highest BCUT2D eigenvalue weighted by Crippen LogP contribution is 2.43. The first kappa shape index (κ1) is 23.1. The van der Waals surface area contributed by atoms with Gasteiger partial charge in [0.25, 0.3) is 0 Å². The predicted octanol–water partition coefficient (Wildman–Crippen LogP) is 7.74. The van der Waals surface area contributed by atoms with Crippen LogP contribution >= 0.6 is 23.4 Å². The molecule has 5 heteroatoms. The Hall–Kier alpha value is -3.65. The Morgan fingerprint density at radius 1 is 0.971 bits per heavy atom. The molecule has 0 unspecified atom stereocenters. The first-order valence-electron chi connectivity index (χ1n) is 11.3. The third-order valence-corrected chi connectivity index (χ3v) is 7.26. The van der Waals surface area contributed by atoms with Crippen LogP contribution < -0.4 is 0 Å². The Morgan fingerprint density at radius 3 is 2.34 bits per heavy atom. The molecular weight excluding hydrogens is 472 g/mol. The first-order chi connectivity index (χ1) is 17.1. The van der Waals surface area contributed by atoms with Gasteiger partial charge in [0.05, 0.1) is 17.0 Å². The minimum Gasteiger partial charge on any atom is -0.293 e. The third kappa shape index (κ3) is 4.93. The number of nitriles is 1. The van der Waals surface area contributed by atoms with Gasteiger partial charge >= 0.3 is 0 Å². The molecule has 1 aliphatic rings. The number of ketones is 1. The average Bonchev–Trinajstić information content (AvgIpc) is 3.29. The van der Waals surface area contributed by atoms with Crippen molar-refractivity contribution >= 4 is 40.8 Å². The van der Waals surface area contributed by atoms with Crippen molar-refractivity contribution in [3.63, 3.8) is 0 Å². The number of allylic oxidation sites excluding steroid dienone is 1. The number of fused-ring (bicyclic) bond motifs is 1. The molecule has 3 aromatic carbocycles. The lowest BCUT2D eigenvalue weighted by atomic mass is 9.95. The minimum absolute atomic E-state index is 0.0285. The Kier molecular flexibility index (Phi) is 6.81. The summed E-state index contributed by atoms with van der Waals surface area (Å²) in [6.45, 7) is 0. The molecule has 1 heterocycles. The largest absolute Gasteiger partial charge is 0.293 e. The van der Waals surface area contributed by atoms with Crippen molar-refractivity contribution in [2.45, 2.75) is 17.9 Å². The number of carbonyl (C=O) groups is 1. The van der Waals surface area contributed by atoms with E-state index in [-0.39, 0.29) is 11.5 Å². The van der Waals surface area contributed by atoms with Gasteiger partial charge in [0.1, 0.15) is 11.1 Å². The summed E-state index contributed by atoms with van der Waals surface area (Å²) in [5.74, 6) is 0.160. The van der Waals surface area contributed by atoms with Gasteiger partial charge < -0.3 is 0 Å².